The van der Waals surface area contributed by atoms with Crippen LogP contribution in [0.4, 0.5) is 5.69 Å². The molecule has 0 aliphatic heterocycles. The number of carboxylic acids is 1. The number of carboxylic acid groups (broad SMARTS) is 1. The van der Waals surface area contributed by atoms with Crippen molar-refractivity contribution < 1.29 is 19.4 Å². The van der Waals surface area contributed by atoms with Gasteiger partial charge in [0.25, 0.3) is 5.91 Å². The topological polar surface area (TPSA) is 93.5 Å². The lowest BCUT2D eigenvalue weighted by atomic mass is 10.2. The predicted molar refractivity (Wildman–Crippen MR) is 99.8 cm³/mol. The van der Waals surface area contributed by atoms with Gasteiger partial charge in [0.05, 0.1) is 12.3 Å². The van der Waals surface area contributed by atoms with Gasteiger partial charge in [-0.15, -0.1) is 0 Å². The van der Waals surface area contributed by atoms with E-state index in [-0.39, 0.29) is 11.6 Å². The molecule has 0 radical (unpaired) electrons. The SMILES string of the molecule is C[C@@H](OCc1ccccc1)C(=O)Nc1ccc(-n2ccc(C(=O)O)n2)cc1. The van der Waals surface area contributed by atoms with Crippen molar-refractivity contribution in [2.45, 2.75) is 19.6 Å². The zero-order valence-electron chi connectivity index (χ0n) is 14.7. The normalized spacial score (nSPS) is 11.7. The number of hydrogen-bond acceptors (Lipinski definition) is 4. The van der Waals surface area contributed by atoms with E-state index in [9.17, 15) is 9.59 Å². The average molecular weight is 365 g/mol. The van der Waals surface area contributed by atoms with Crippen molar-refractivity contribution in [2.75, 3.05) is 5.32 Å². The van der Waals surface area contributed by atoms with E-state index < -0.39 is 12.1 Å². The van der Waals surface area contributed by atoms with Crippen LogP contribution in [0.3, 0.4) is 0 Å². The number of aromatic carboxylic acids is 1. The summed E-state index contributed by atoms with van der Waals surface area (Å²) in [6.45, 7) is 2.06. The molecule has 1 aromatic heterocycles. The van der Waals surface area contributed by atoms with Crippen molar-refractivity contribution >= 4 is 17.6 Å². The molecule has 0 bridgehead atoms. The number of anilines is 1. The maximum Gasteiger partial charge on any atom is 0.356 e. The Morgan fingerprint density at radius 1 is 1.11 bits per heavy atom. The molecule has 27 heavy (non-hydrogen) atoms. The molecule has 0 saturated carbocycles. The lowest BCUT2D eigenvalue weighted by Crippen LogP contribution is -2.27. The van der Waals surface area contributed by atoms with Gasteiger partial charge in [0.15, 0.2) is 5.69 Å². The van der Waals surface area contributed by atoms with Gasteiger partial charge in [0.1, 0.15) is 6.10 Å². The van der Waals surface area contributed by atoms with E-state index in [4.69, 9.17) is 9.84 Å². The van der Waals surface area contributed by atoms with Crippen molar-refractivity contribution in [2.24, 2.45) is 0 Å². The Morgan fingerprint density at radius 3 is 2.44 bits per heavy atom. The first-order chi connectivity index (χ1) is 13.0. The number of nitrogens with one attached hydrogen (secondary N) is 1. The highest BCUT2D eigenvalue weighted by molar-refractivity contribution is 5.94. The van der Waals surface area contributed by atoms with Crippen LogP contribution in [0.5, 0.6) is 0 Å². The van der Waals surface area contributed by atoms with E-state index in [2.05, 4.69) is 10.4 Å². The minimum Gasteiger partial charge on any atom is -0.476 e. The molecule has 0 saturated heterocycles. The number of ether oxygens (including phenoxy) is 1. The number of rotatable bonds is 7. The van der Waals surface area contributed by atoms with Crippen molar-refractivity contribution in [3.8, 4) is 5.69 Å². The highest BCUT2D eigenvalue weighted by Gasteiger charge is 2.14. The van der Waals surface area contributed by atoms with Gasteiger partial charge in [-0.05, 0) is 42.8 Å². The van der Waals surface area contributed by atoms with Gasteiger partial charge < -0.3 is 15.2 Å². The Bertz CT molecular complexity index is 920. The number of amides is 1. The molecular formula is C20H19N3O4. The molecule has 7 nitrogen and oxygen atoms in total. The van der Waals surface area contributed by atoms with Gasteiger partial charge in [-0.25, -0.2) is 9.48 Å². The predicted octanol–water partition coefficient (Wildman–Crippen LogP) is 3.11. The maximum absolute atomic E-state index is 12.2. The number of benzene rings is 2. The largest absolute Gasteiger partial charge is 0.476 e. The van der Waals surface area contributed by atoms with E-state index in [0.29, 0.717) is 18.0 Å². The summed E-state index contributed by atoms with van der Waals surface area (Å²) in [5, 5.41) is 15.7. The van der Waals surface area contributed by atoms with Crippen molar-refractivity contribution in [3.63, 3.8) is 0 Å². The number of hydrogen-bond donors (Lipinski definition) is 2. The molecule has 138 valence electrons. The molecule has 3 rings (SSSR count). The Kier molecular flexibility index (Phi) is 5.63. The summed E-state index contributed by atoms with van der Waals surface area (Å²) in [6.07, 6.45) is 0.963. The summed E-state index contributed by atoms with van der Waals surface area (Å²) >= 11 is 0. The number of aromatic nitrogens is 2. The fourth-order valence-electron chi connectivity index (χ4n) is 2.39. The quantitative estimate of drug-likeness (QED) is 0.671. The first-order valence-corrected chi connectivity index (χ1v) is 8.39. The first kappa shape index (κ1) is 18.3. The first-order valence-electron chi connectivity index (χ1n) is 8.39. The third kappa shape index (κ3) is 4.80. The molecule has 1 amide bonds. The molecule has 1 atom stereocenters. The van der Waals surface area contributed by atoms with E-state index >= 15 is 0 Å². The molecule has 3 aromatic rings. The minimum atomic E-state index is -1.08. The molecule has 1 heterocycles. The molecule has 0 fully saturated rings. The minimum absolute atomic E-state index is 0.0308. The zero-order valence-corrected chi connectivity index (χ0v) is 14.7. The van der Waals surface area contributed by atoms with Crippen molar-refractivity contribution in [1.82, 2.24) is 9.78 Å². The Hall–Kier alpha value is -3.45. The van der Waals surface area contributed by atoms with Gasteiger partial charge in [-0.1, -0.05) is 30.3 Å². The molecule has 2 N–H and O–H groups in total. The van der Waals surface area contributed by atoms with Crippen LogP contribution in [0.1, 0.15) is 23.0 Å². The molecule has 0 aliphatic carbocycles. The molecule has 0 unspecified atom stereocenters. The standard InChI is InChI=1S/C20H19N3O4/c1-14(27-13-15-5-3-2-4-6-15)19(24)21-16-7-9-17(10-8-16)23-12-11-18(22-23)20(25)26/h2-12,14H,13H2,1H3,(H,21,24)(H,25,26)/t14-/m1/s1. The second-order valence-electron chi connectivity index (χ2n) is 5.93. The summed E-state index contributed by atoms with van der Waals surface area (Å²) in [4.78, 5) is 23.1. The summed E-state index contributed by atoms with van der Waals surface area (Å²) in [7, 11) is 0. The molecule has 7 heteroatoms. The van der Waals surface area contributed by atoms with Crippen LogP contribution in [0.15, 0.2) is 66.9 Å². The maximum atomic E-state index is 12.2. The number of nitrogens with zero attached hydrogens (tertiary/aromatic N) is 2. The highest BCUT2D eigenvalue weighted by atomic mass is 16.5. The van der Waals surface area contributed by atoms with Crippen LogP contribution >= 0.6 is 0 Å². The lowest BCUT2D eigenvalue weighted by molar-refractivity contribution is -0.127. The Morgan fingerprint density at radius 2 is 1.81 bits per heavy atom. The van der Waals surface area contributed by atoms with Gasteiger partial charge in [0.2, 0.25) is 0 Å². The molecule has 2 aromatic carbocycles. The second-order valence-corrected chi connectivity index (χ2v) is 5.93. The second kappa shape index (κ2) is 8.29. The van der Waals surface area contributed by atoms with Gasteiger partial charge >= 0.3 is 5.97 Å². The van der Waals surface area contributed by atoms with Crippen molar-refractivity contribution in [1.29, 1.82) is 0 Å². The van der Waals surface area contributed by atoms with Crippen LogP contribution < -0.4 is 5.32 Å². The summed E-state index contributed by atoms with van der Waals surface area (Å²) < 4.78 is 7.06. The van der Waals surface area contributed by atoms with Crippen LogP contribution in [-0.2, 0) is 16.1 Å². The number of carbonyl (C=O) groups is 2. The molecule has 0 aliphatic rings. The van der Waals surface area contributed by atoms with Crippen LogP contribution in [0.2, 0.25) is 0 Å². The lowest BCUT2D eigenvalue weighted by Gasteiger charge is -2.14. The highest BCUT2D eigenvalue weighted by Crippen LogP contribution is 2.14. The van der Waals surface area contributed by atoms with E-state index in [1.807, 2.05) is 30.3 Å². The van der Waals surface area contributed by atoms with Crippen LogP contribution in [0.25, 0.3) is 5.69 Å². The van der Waals surface area contributed by atoms with Gasteiger partial charge in [-0.2, -0.15) is 5.10 Å². The van der Waals surface area contributed by atoms with Crippen molar-refractivity contribution in [3.05, 3.63) is 78.1 Å². The van der Waals surface area contributed by atoms with Gasteiger partial charge in [0, 0.05) is 11.9 Å². The Balaban J connectivity index is 1.56. The monoisotopic (exact) mass is 365 g/mol. The van der Waals surface area contributed by atoms with Crippen LogP contribution in [-0.4, -0.2) is 32.9 Å². The summed E-state index contributed by atoms with van der Waals surface area (Å²) in [6, 6.07) is 18.0. The van der Waals surface area contributed by atoms with E-state index in [0.717, 1.165) is 5.56 Å². The summed E-state index contributed by atoms with van der Waals surface area (Å²) in [5.74, 6) is -1.33. The third-order valence-electron chi connectivity index (χ3n) is 3.92. The fourth-order valence-corrected chi connectivity index (χ4v) is 2.39. The Labute approximate surface area is 156 Å². The van der Waals surface area contributed by atoms with Gasteiger partial charge in [-0.3, -0.25) is 4.79 Å². The summed E-state index contributed by atoms with van der Waals surface area (Å²) in [5.41, 5.74) is 2.27. The number of carbonyl (C=O) groups excluding carboxylic acids is 1. The fraction of sp³-hybridized carbons (Fsp3) is 0.150. The third-order valence-corrected chi connectivity index (χ3v) is 3.92. The van der Waals surface area contributed by atoms with Crippen LogP contribution in [0, 0.1) is 0 Å². The molecular weight excluding hydrogens is 346 g/mol. The smallest absolute Gasteiger partial charge is 0.356 e. The zero-order chi connectivity index (χ0) is 19.2. The van der Waals surface area contributed by atoms with E-state index in [1.54, 1.807) is 37.4 Å². The van der Waals surface area contributed by atoms with E-state index in [1.165, 1.54) is 10.7 Å². The average Bonchev–Trinajstić information content (AvgIpc) is 3.18. The molecule has 0 spiro atoms.